The molecule has 0 radical (unpaired) electrons. The summed E-state index contributed by atoms with van der Waals surface area (Å²) in [5, 5.41) is 14.2. The fourth-order valence-corrected chi connectivity index (χ4v) is 3.51. The third-order valence-corrected chi connectivity index (χ3v) is 4.89. The molecule has 136 valence electrons. The van der Waals surface area contributed by atoms with Crippen LogP contribution < -0.4 is 5.56 Å². The number of hydrogen-bond donors (Lipinski definition) is 1. The van der Waals surface area contributed by atoms with Gasteiger partial charge in [0.1, 0.15) is 22.7 Å². The molecule has 3 rings (SSSR count). The highest BCUT2D eigenvalue weighted by molar-refractivity contribution is 7.08. The van der Waals surface area contributed by atoms with Crippen LogP contribution in [0.2, 0.25) is 0 Å². The fourth-order valence-electron chi connectivity index (χ4n) is 2.88. The van der Waals surface area contributed by atoms with Gasteiger partial charge in [-0.05, 0) is 17.9 Å². The molecule has 0 aromatic carbocycles. The van der Waals surface area contributed by atoms with Gasteiger partial charge in [0.15, 0.2) is 11.6 Å². The molecule has 0 aliphatic heterocycles. The van der Waals surface area contributed by atoms with E-state index < -0.39 is 22.9 Å². The van der Waals surface area contributed by atoms with E-state index in [1.165, 1.54) is 29.2 Å². The first-order valence-electron chi connectivity index (χ1n) is 8.16. The summed E-state index contributed by atoms with van der Waals surface area (Å²) in [4.78, 5) is 41.4. The maximum Gasteiger partial charge on any atom is 0.264 e. The molecule has 26 heavy (non-hydrogen) atoms. The molecule has 0 bridgehead atoms. The zero-order valence-corrected chi connectivity index (χ0v) is 15.0. The Morgan fingerprint density at radius 1 is 1.31 bits per heavy atom. The average Bonchev–Trinajstić information content (AvgIpc) is 3.14. The summed E-state index contributed by atoms with van der Waals surface area (Å²) in [7, 11) is 1.52. The Balaban J connectivity index is 2.16. The molecule has 1 N–H and O–H groups in total. The van der Waals surface area contributed by atoms with Crippen LogP contribution in [-0.2, 0) is 20.9 Å². The van der Waals surface area contributed by atoms with Gasteiger partial charge in [-0.15, -0.1) is 0 Å². The second-order valence-electron chi connectivity index (χ2n) is 5.88. The van der Waals surface area contributed by atoms with Gasteiger partial charge in [0.05, 0.1) is 13.2 Å². The number of hydrogen-bond acceptors (Lipinski definition) is 7. The molecule has 0 spiro atoms. The lowest BCUT2D eigenvalue weighted by Gasteiger charge is -2.15. The minimum absolute atomic E-state index is 0.154. The van der Waals surface area contributed by atoms with E-state index in [2.05, 4.69) is 4.98 Å². The molecule has 1 aliphatic rings. The lowest BCUT2D eigenvalue weighted by molar-refractivity contribution is -0.123. The van der Waals surface area contributed by atoms with Crippen molar-refractivity contribution in [2.75, 3.05) is 13.7 Å². The maximum atomic E-state index is 12.9. The minimum Gasteiger partial charge on any atom is -0.506 e. The number of ketones is 2. The molecule has 2 aromatic rings. The van der Waals surface area contributed by atoms with Crippen LogP contribution in [0.5, 0.6) is 0 Å². The van der Waals surface area contributed by atoms with E-state index in [1.807, 2.05) is 16.8 Å². The summed E-state index contributed by atoms with van der Waals surface area (Å²) in [5.74, 6) is -1.02. The number of carbonyl (C=O) groups is 2. The van der Waals surface area contributed by atoms with Crippen molar-refractivity contribution in [1.29, 1.82) is 0 Å². The number of ether oxygens (including phenoxy) is 1. The van der Waals surface area contributed by atoms with Crippen molar-refractivity contribution < 1.29 is 19.4 Å². The van der Waals surface area contributed by atoms with Crippen molar-refractivity contribution in [1.82, 2.24) is 9.55 Å². The highest BCUT2D eigenvalue weighted by Gasteiger charge is 2.29. The van der Waals surface area contributed by atoms with E-state index in [-0.39, 0.29) is 37.1 Å². The van der Waals surface area contributed by atoms with Gasteiger partial charge in [0.2, 0.25) is 0 Å². The Morgan fingerprint density at radius 2 is 2.04 bits per heavy atom. The third-order valence-electron chi connectivity index (χ3n) is 4.20. The topological polar surface area (TPSA) is 98.5 Å². The van der Waals surface area contributed by atoms with Gasteiger partial charge < -0.3 is 9.84 Å². The molecule has 0 atom stereocenters. The van der Waals surface area contributed by atoms with Gasteiger partial charge in [-0.25, -0.2) is 4.98 Å². The first-order valence-corrected chi connectivity index (χ1v) is 9.10. The zero-order chi connectivity index (χ0) is 18.7. The second kappa shape index (κ2) is 7.76. The van der Waals surface area contributed by atoms with Gasteiger partial charge >= 0.3 is 0 Å². The van der Waals surface area contributed by atoms with Crippen molar-refractivity contribution in [3.8, 4) is 11.4 Å². The van der Waals surface area contributed by atoms with Crippen LogP contribution in [-0.4, -0.2) is 39.9 Å². The van der Waals surface area contributed by atoms with E-state index in [4.69, 9.17) is 4.74 Å². The molecule has 7 nitrogen and oxygen atoms in total. The van der Waals surface area contributed by atoms with E-state index in [1.54, 1.807) is 0 Å². The van der Waals surface area contributed by atoms with E-state index >= 15 is 0 Å². The van der Waals surface area contributed by atoms with Gasteiger partial charge in [-0.1, -0.05) is 0 Å². The molecule has 1 saturated carbocycles. The summed E-state index contributed by atoms with van der Waals surface area (Å²) in [6.45, 7) is 0.503. The highest BCUT2D eigenvalue weighted by Crippen LogP contribution is 2.24. The lowest BCUT2D eigenvalue weighted by Crippen LogP contribution is -2.29. The SMILES string of the molecule is COCCn1c(-c2ccsc2)ncc(C(O)=C2C(=O)CCCC2=O)c1=O. The molecular weight excluding hydrogens is 356 g/mol. The monoisotopic (exact) mass is 374 g/mol. The highest BCUT2D eigenvalue weighted by atomic mass is 32.1. The van der Waals surface area contributed by atoms with Crippen molar-refractivity contribution >= 4 is 28.7 Å². The van der Waals surface area contributed by atoms with Gasteiger partial charge in [0.25, 0.3) is 5.56 Å². The Hall–Kier alpha value is -2.58. The fraction of sp³-hybridized carbons (Fsp3) is 0.333. The summed E-state index contributed by atoms with van der Waals surface area (Å²) in [6, 6.07) is 1.84. The van der Waals surface area contributed by atoms with Crippen molar-refractivity contribution in [2.24, 2.45) is 0 Å². The molecular formula is C18H18N2O5S. The Kier molecular flexibility index (Phi) is 5.43. The van der Waals surface area contributed by atoms with Crippen LogP contribution >= 0.6 is 11.3 Å². The quantitative estimate of drug-likeness (QED) is 0.489. The van der Waals surface area contributed by atoms with Crippen LogP contribution in [0, 0.1) is 0 Å². The van der Waals surface area contributed by atoms with Gasteiger partial charge in [0, 0.05) is 37.1 Å². The molecule has 1 aliphatic carbocycles. The predicted octanol–water partition coefficient (Wildman–Crippen LogP) is 2.21. The van der Waals surface area contributed by atoms with Crippen molar-refractivity contribution in [2.45, 2.75) is 25.8 Å². The Morgan fingerprint density at radius 3 is 2.65 bits per heavy atom. The molecule has 2 aromatic heterocycles. The molecule has 0 saturated heterocycles. The normalized spacial score (nSPS) is 14.7. The predicted molar refractivity (Wildman–Crippen MR) is 97.1 cm³/mol. The lowest BCUT2D eigenvalue weighted by atomic mass is 9.90. The maximum absolute atomic E-state index is 12.9. The third kappa shape index (κ3) is 3.38. The number of methoxy groups -OCH3 is 1. The molecule has 0 unspecified atom stereocenters. The molecule has 1 fully saturated rings. The number of nitrogens with zero attached hydrogens (tertiary/aromatic N) is 2. The minimum atomic E-state index is -0.583. The van der Waals surface area contributed by atoms with Crippen LogP contribution in [0.3, 0.4) is 0 Å². The second-order valence-corrected chi connectivity index (χ2v) is 6.66. The number of aromatic nitrogens is 2. The molecule has 0 amide bonds. The van der Waals surface area contributed by atoms with Gasteiger partial charge in [-0.2, -0.15) is 11.3 Å². The first-order chi connectivity index (χ1) is 12.5. The number of Topliss-reactive ketones (excluding diaryl/α,β-unsaturated/α-hetero) is 2. The summed E-state index contributed by atoms with van der Waals surface area (Å²) in [5.41, 5.74) is -0.198. The Labute approximate surface area is 153 Å². The summed E-state index contributed by atoms with van der Waals surface area (Å²) in [6.07, 6.45) is 2.05. The van der Waals surface area contributed by atoms with Crippen LogP contribution in [0.25, 0.3) is 17.1 Å². The zero-order valence-electron chi connectivity index (χ0n) is 14.2. The standard InChI is InChI=1S/C18H18N2O5S/c1-25-7-6-20-17(11-5-8-26-10-11)19-9-12(18(20)24)16(23)15-13(21)3-2-4-14(15)22/h5,8-10,23H,2-4,6-7H2,1H3. The van der Waals surface area contributed by atoms with E-state index in [0.29, 0.717) is 12.2 Å². The van der Waals surface area contributed by atoms with Gasteiger partial charge in [-0.3, -0.25) is 19.0 Å². The van der Waals surface area contributed by atoms with Crippen molar-refractivity contribution in [3.63, 3.8) is 0 Å². The largest absolute Gasteiger partial charge is 0.506 e. The summed E-state index contributed by atoms with van der Waals surface area (Å²) >= 11 is 1.47. The number of aliphatic hydroxyl groups is 1. The van der Waals surface area contributed by atoms with Crippen LogP contribution in [0.4, 0.5) is 0 Å². The average molecular weight is 374 g/mol. The first kappa shape index (κ1) is 18.2. The van der Waals surface area contributed by atoms with Crippen LogP contribution in [0.15, 0.2) is 33.4 Å². The van der Waals surface area contributed by atoms with Crippen molar-refractivity contribution in [3.05, 3.63) is 44.5 Å². The number of carbonyl (C=O) groups excluding carboxylic acids is 2. The molecule has 8 heteroatoms. The number of rotatable bonds is 5. The number of allylic oxidation sites excluding steroid dienone is 1. The van der Waals surface area contributed by atoms with E-state index in [0.717, 1.165) is 5.56 Å². The summed E-state index contributed by atoms with van der Waals surface area (Å²) < 4.78 is 6.44. The number of aliphatic hydroxyl groups excluding tert-OH is 1. The Bertz CT molecular complexity index is 910. The van der Waals surface area contributed by atoms with E-state index in [9.17, 15) is 19.5 Å². The smallest absolute Gasteiger partial charge is 0.264 e. The molecule has 2 heterocycles. The van der Waals surface area contributed by atoms with Crippen LogP contribution in [0.1, 0.15) is 24.8 Å². The number of thiophene rings is 1.